The number of carbonyl (C=O) groups is 2. The van der Waals surface area contributed by atoms with E-state index >= 15 is 0 Å². The van der Waals surface area contributed by atoms with Gasteiger partial charge in [0.15, 0.2) is 18.5 Å². The van der Waals surface area contributed by atoms with Gasteiger partial charge < -0.3 is 29.0 Å². The standard InChI is InChI=1S/C21H24BNO7P/c1-13(31-23-22-26)16-17(28-19(24)14-9-5-3-6-10-14)18(21(27-2)30-16)29-20(25)15-11-7-4-8-12-15/h3-13,16-18,21,23,26,31H,1-2H3/t13-,16+,17+,18+,21?/m0/s1. The Morgan fingerprint density at radius 3 is 2.00 bits per heavy atom. The van der Waals surface area contributed by atoms with Gasteiger partial charge in [0.05, 0.1) is 11.1 Å². The molecule has 0 amide bonds. The average molecular weight is 444 g/mol. The van der Waals surface area contributed by atoms with E-state index in [0.29, 0.717) is 11.1 Å². The summed E-state index contributed by atoms with van der Waals surface area (Å²) in [5, 5.41) is 8.96. The minimum atomic E-state index is -0.972. The maximum atomic E-state index is 12.8. The van der Waals surface area contributed by atoms with Crippen molar-refractivity contribution in [1.82, 2.24) is 5.00 Å². The molecular formula is C21H24BNO7P. The Balaban J connectivity index is 1.84. The third-order valence-corrected chi connectivity index (χ3v) is 5.89. The highest BCUT2D eigenvalue weighted by atomic mass is 31.1. The summed E-state index contributed by atoms with van der Waals surface area (Å²) in [5.74, 6) is -1.14. The zero-order valence-electron chi connectivity index (χ0n) is 17.1. The highest BCUT2D eigenvalue weighted by Gasteiger charge is 2.52. The summed E-state index contributed by atoms with van der Waals surface area (Å²) in [6.45, 7) is 1.87. The summed E-state index contributed by atoms with van der Waals surface area (Å²) in [5.41, 5.74) is 0.544. The molecule has 2 N–H and O–H groups in total. The molecule has 2 aromatic rings. The number of methoxy groups -OCH3 is 1. The molecule has 2 unspecified atom stereocenters. The van der Waals surface area contributed by atoms with Crippen LogP contribution in [0.15, 0.2) is 60.7 Å². The SMILES string of the molecule is COC1O[C@H]([C@H](C)PN[B]O)[C@@H](OC(=O)c2ccccc2)[C@H]1OC(=O)c1ccccc1. The first-order chi connectivity index (χ1) is 15.0. The predicted octanol–water partition coefficient (Wildman–Crippen LogP) is 1.91. The van der Waals surface area contributed by atoms with Gasteiger partial charge in [0.1, 0.15) is 6.10 Å². The maximum Gasteiger partial charge on any atom is 0.396 e. The van der Waals surface area contributed by atoms with E-state index in [1.54, 1.807) is 60.7 Å². The third-order valence-electron chi connectivity index (χ3n) is 4.81. The summed E-state index contributed by atoms with van der Waals surface area (Å²) in [4.78, 5) is 28.2. The fourth-order valence-corrected chi connectivity index (χ4v) is 4.05. The van der Waals surface area contributed by atoms with Crippen LogP contribution in [0.1, 0.15) is 27.6 Å². The van der Waals surface area contributed by atoms with Crippen LogP contribution in [0.5, 0.6) is 0 Å². The van der Waals surface area contributed by atoms with Crippen molar-refractivity contribution < 1.29 is 33.6 Å². The molecule has 1 aliphatic rings. The van der Waals surface area contributed by atoms with Crippen molar-refractivity contribution in [3.8, 4) is 0 Å². The Hall–Kier alpha value is -2.29. The molecular weight excluding hydrogens is 420 g/mol. The maximum absolute atomic E-state index is 12.8. The smallest absolute Gasteiger partial charge is 0.396 e. The van der Waals surface area contributed by atoms with Crippen molar-refractivity contribution in [2.45, 2.75) is 37.2 Å². The van der Waals surface area contributed by atoms with Gasteiger partial charge in [-0.15, -0.1) is 0 Å². The molecule has 10 heteroatoms. The summed E-state index contributed by atoms with van der Waals surface area (Å²) in [6, 6.07) is 17.0. The molecule has 3 rings (SSSR count). The van der Waals surface area contributed by atoms with Crippen molar-refractivity contribution >= 4 is 28.3 Å². The van der Waals surface area contributed by atoms with E-state index in [0.717, 1.165) is 7.62 Å². The fourth-order valence-electron chi connectivity index (χ4n) is 3.28. The Labute approximate surface area is 183 Å². The number of nitrogens with one attached hydrogen (secondary N) is 1. The summed E-state index contributed by atoms with van der Waals surface area (Å²) < 4.78 is 22.8. The summed E-state index contributed by atoms with van der Waals surface area (Å²) >= 11 is 0. The van der Waals surface area contributed by atoms with Gasteiger partial charge in [-0.2, -0.15) is 0 Å². The second kappa shape index (κ2) is 11.4. The average Bonchev–Trinajstić information content (AvgIpc) is 3.15. The molecule has 6 atom stereocenters. The molecule has 163 valence electrons. The van der Waals surface area contributed by atoms with Crippen molar-refractivity contribution in [3.05, 3.63) is 71.8 Å². The van der Waals surface area contributed by atoms with Crippen LogP contribution in [0.3, 0.4) is 0 Å². The van der Waals surface area contributed by atoms with Gasteiger partial charge in [-0.3, -0.25) is 0 Å². The van der Waals surface area contributed by atoms with Gasteiger partial charge in [-0.25, -0.2) is 9.59 Å². The van der Waals surface area contributed by atoms with Crippen molar-refractivity contribution in [2.75, 3.05) is 7.11 Å². The highest BCUT2D eigenvalue weighted by molar-refractivity contribution is 7.38. The van der Waals surface area contributed by atoms with Crippen LogP contribution in [0.4, 0.5) is 0 Å². The Kier molecular flexibility index (Phi) is 8.57. The van der Waals surface area contributed by atoms with E-state index < -0.39 is 36.5 Å². The molecule has 1 radical (unpaired) electrons. The van der Waals surface area contributed by atoms with Crippen LogP contribution in [0.2, 0.25) is 0 Å². The van der Waals surface area contributed by atoms with Crippen LogP contribution >= 0.6 is 8.73 Å². The lowest BCUT2D eigenvalue weighted by Crippen LogP contribution is -2.43. The Morgan fingerprint density at radius 1 is 1.00 bits per heavy atom. The molecule has 1 aliphatic heterocycles. The zero-order valence-corrected chi connectivity index (χ0v) is 18.1. The van der Waals surface area contributed by atoms with Crippen molar-refractivity contribution in [2.24, 2.45) is 0 Å². The molecule has 2 aromatic carbocycles. The Bertz CT molecular complexity index is 857. The number of hydrogen-bond donors (Lipinski definition) is 2. The molecule has 1 fully saturated rings. The lowest BCUT2D eigenvalue weighted by Gasteiger charge is -2.26. The molecule has 0 aliphatic carbocycles. The molecule has 0 bridgehead atoms. The first kappa shape index (κ1) is 23.4. The van der Waals surface area contributed by atoms with Crippen molar-refractivity contribution in [3.63, 3.8) is 0 Å². The van der Waals surface area contributed by atoms with E-state index in [9.17, 15) is 9.59 Å². The first-order valence-electron chi connectivity index (χ1n) is 9.72. The van der Waals surface area contributed by atoms with E-state index in [1.807, 2.05) is 6.92 Å². The van der Waals surface area contributed by atoms with E-state index in [-0.39, 0.29) is 14.4 Å². The number of ether oxygens (including phenoxy) is 4. The number of rotatable bonds is 9. The minimum absolute atomic E-state index is 0.0707. The lowest BCUT2D eigenvalue weighted by atomic mass is 10.1. The van der Waals surface area contributed by atoms with E-state index in [1.165, 1.54) is 7.11 Å². The zero-order chi connectivity index (χ0) is 22.2. The van der Waals surface area contributed by atoms with Gasteiger partial charge in [-0.05, 0) is 24.3 Å². The number of esters is 2. The van der Waals surface area contributed by atoms with Crippen LogP contribution in [-0.2, 0) is 18.9 Å². The molecule has 0 saturated carbocycles. The number of hydrogen-bond acceptors (Lipinski definition) is 8. The van der Waals surface area contributed by atoms with E-state index in [4.69, 9.17) is 24.0 Å². The highest BCUT2D eigenvalue weighted by Crippen LogP contribution is 2.35. The Morgan fingerprint density at radius 2 is 1.52 bits per heavy atom. The molecule has 8 nitrogen and oxygen atoms in total. The van der Waals surface area contributed by atoms with Crippen LogP contribution in [-0.4, -0.2) is 62.0 Å². The first-order valence-corrected chi connectivity index (χ1v) is 10.8. The van der Waals surface area contributed by atoms with Gasteiger partial charge in [0.25, 0.3) is 0 Å². The van der Waals surface area contributed by atoms with Gasteiger partial charge in [0, 0.05) is 12.8 Å². The van der Waals surface area contributed by atoms with Crippen LogP contribution in [0.25, 0.3) is 0 Å². The molecule has 1 saturated heterocycles. The predicted molar refractivity (Wildman–Crippen MR) is 116 cm³/mol. The van der Waals surface area contributed by atoms with Gasteiger partial charge in [0.2, 0.25) is 0 Å². The largest absolute Gasteiger partial charge is 0.452 e. The second-order valence-corrected chi connectivity index (χ2v) is 8.37. The second-order valence-electron chi connectivity index (χ2n) is 6.88. The van der Waals surface area contributed by atoms with Gasteiger partial charge in [-0.1, -0.05) is 52.1 Å². The molecule has 0 aromatic heterocycles. The lowest BCUT2D eigenvalue weighted by molar-refractivity contribution is -0.149. The normalized spacial score (nSPS) is 24.1. The minimum Gasteiger partial charge on any atom is -0.452 e. The van der Waals surface area contributed by atoms with Crippen LogP contribution in [0, 0.1) is 0 Å². The van der Waals surface area contributed by atoms with Crippen molar-refractivity contribution in [1.29, 1.82) is 0 Å². The number of benzene rings is 2. The summed E-state index contributed by atoms with van der Waals surface area (Å²) in [6.07, 6.45) is -3.43. The number of carbonyl (C=O) groups excluding carboxylic acids is 2. The summed E-state index contributed by atoms with van der Waals surface area (Å²) in [7, 11) is 2.34. The quantitative estimate of drug-likeness (QED) is 0.344. The molecule has 1 heterocycles. The van der Waals surface area contributed by atoms with Gasteiger partial charge >= 0.3 is 19.6 Å². The monoisotopic (exact) mass is 444 g/mol. The molecule has 31 heavy (non-hydrogen) atoms. The van der Waals surface area contributed by atoms with Crippen LogP contribution < -0.4 is 5.00 Å². The third kappa shape index (κ3) is 5.90. The van der Waals surface area contributed by atoms with E-state index in [2.05, 4.69) is 5.00 Å². The fraction of sp³-hybridized carbons (Fsp3) is 0.333. The topological polar surface area (TPSA) is 103 Å². The molecule has 0 spiro atoms.